The van der Waals surface area contributed by atoms with Gasteiger partial charge in [-0.3, -0.25) is 9.59 Å². The molecule has 0 fully saturated rings. The number of anilines is 2. The number of benzene rings is 3. The van der Waals surface area contributed by atoms with Gasteiger partial charge in [-0.15, -0.1) is 23.1 Å². The summed E-state index contributed by atoms with van der Waals surface area (Å²) in [7, 11) is 1.55. The van der Waals surface area contributed by atoms with Crippen LogP contribution in [-0.4, -0.2) is 24.7 Å². The maximum Gasteiger partial charge on any atom is 0.255 e. The third kappa shape index (κ3) is 6.13. The van der Waals surface area contributed by atoms with Crippen LogP contribution in [0.2, 0.25) is 0 Å². The van der Waals surface area contributed by atoms with Crippen LogP contribution >= 0.6 is 23.1 Å². The van der Waals surface area contributed by atoms with E-state index in [0.717, 1.165) is 21.6 Å². The van der Waals surface area contributed by atoms with Gasteiger partial charge in [-0.25, -0.2) is 0 Å². The zero-order valence-electron chi connectivity index (χ0n) is 19.7. The fourth-order valence-corrected chi connectivity index (χ4v) is 5.14. The molecule has 4 rings (SSSR count). The molecule has 4 aromatic rings. The lowest BCUT2D eigenvalue weighted by Crippen LogP contribution is -2.14. The van der Waals surface area contributed by atoms with E-state index in [4.69, 9.17) is 4.74 Å². The predicted molar refractivity (Wildman–Crippen MR) is 146 cm³/mol. The topological polar surface area (TPSA) is 91.2 Å². The van der Waals surface area contributed by atoms with Crippen molar-refractivity contribution in [1.29, 1.82) is 5.26 Å². The molecule has 0 aliphatic heterocycles. The normalized spacial score (nSPS) is 10.4. The summed E-state index contributed by atoms with van der Waals surface area (Å²) < 4.78 is 5.18. The highest BCUT2D eigenvalue weighted by molar-refractivity contribution is 8.00. The highest BCUT2D eigenvalue weighted by atomic mass is 32.2. The van der Waals surface area contributed by atoms with Crippen LogP contribution in [0.5, 0.6) is 5.75 Å². The predicted octanol–water partition coefficient (Wildman–Crippen LogP) is 6.59. The van der Waals surface area contributed by atoms with E-state index in [9.17, 15) is 14.9 Å². The number of hydrogen-bond donors (Lipinski definition) is 2. The van der Waals surface area contributed by atoms with Gasteiger partial charge in [-0.2, -0.15) is 5.26 Å². The molecule has 0 unspecified atom stereocenters. The summed E-state index contributed by atoms with van der Waals surface area (Å²) in [4.78, 5) is 26.1. The number of thiophene rings is 1. The van der Waals surface area contributed by atoms with Crippen molar-refractivity contribution in [2.75, 3.05) is 23.5 Å². The number of carbonyl (C=O) groups is 2. The molecule has 0 aliphatic carbocycles. The summed E-state index contributed by atoms with van der Waals surface area (Å²) in [5.74, 6) is 0.310. The number of rotatable bonds is 8. The Morgan fingerprint density at radius 3 is 2.56 bits per heavy atom. The van der Waals surface area contributed by atoms with Crippen LogP contribution in [0.1, 0.15) is 21.5 Å². The van der Waals surface area contributed by atoms with Crippen LogP contribution in [0.4, 0.5) is 10.7 Å². The highest BCUT2D eigenvalue weighted by Crippen LogP contribution is 2.35. The summed E-state index contributed by atoms with van der Waals surface area (Å²) in [5, 5.41) is 17.9. The maximum absolute atomic E-state index is 12.6. The molecule has 1 heterocycles. The van der Waals surface area contributed by atoms with Gasteiger partial charge in [0.2, 0.25) is 5.91 Å². The fourth-order valence-electron chi connectivity index (χ4n) is 3.45. The molecule has 0 saturated carbocycles. The SMILES string of the molecule is COc1cccc(C(=O)Nc2cccc(SCC(=O)Nc3scc(-c4ccc(C)cc4)c3C#N)c2)c1. The van der Waals surface area contributed by atoms with Crippen LogP contribution in [0.3, 0.4) is 0 Å². The zero-order valence-corrected chi connectivity index (χ0v) is 21.3. The lowest BCUT2D eigenvalue weighted by atomic mass is 10.0. The first-order valence-corrected chi connectivity index (χ1v) is 12.9. The number of methoxy groups -OCH3 is 1. The smallest absolute Gasteiger partial charge is 0.255 e. The van der Waals surface area contributed by atoms with Gasteiger partial charge in [0.25, 0.3) is 5.91 Å². The largest absolute Gasteiger partial charge is 0.497 e. The monoisotopic (exact) mass is 513 g/mol. The molecule has 0 atom stereocenters. The quantitative estimate of drug-likeness (QED) is 0.260. The van der Waals surface area contributed by atoms with E-state index in [0.29, 0.717) is 27.6 Å². The van der Waals surface area contributed by atoms with Gasteiger partial charge in [0.05, 0.1) is 18.4 Å². The molecule has 0 spiro atoms. The van der Waals surface area contributed by atoms with Crippen molar-refractivity contribution in [2.45, 2.75) is 11.8 Å². The first-order chi connectivity index (χ1) is 17.5. The summed E-state index contributed by atoms with van der Waals surface area (Å²) >= 11 is 2.69. The summed E-state index contributed by atoms with van der Waals surface area (Å²) in [5.41, 5.74) is 4.47. The summed E-state index contributed by atoms with van der Waals surface area (Å²) in [6.45, 7) is 2.01. The Hall–Kier alpha value is -4.06. The molecule has 1 aromatic heterocycles. The van der Waals surface area contributed by atoms with Crippen molar-refractivity contribution in [3.8, 4) is 22.9 Å². The molecule has 0 bridgehead atoms. The van der Waals surface area contributed by atoms with E-state index in [2.05, 4.69) is 16.7 Å². The number of hydrogen-bond acceptors (Lipinski definition) is 6. The molecule has 2 amide bonds. The van der Waals surface area contributed by atoms with E-state index in [1.807, 2.05) is 54.8 Å². The second-order valence-corrected chi connectivity index (χ2v) is 9.81. The van der Waals surface area contributed by atoms with E-state index < -0.39 is 0 Å². The van der Waals surface area contributed by atoms with Crippen LogP contribution in [-0.2, 0) is 4.79 Å². The molecule has 0 aliphatic rings. The number of thioether (sulfide) groups is 1. The van der Waals surface area contributed by atoms with Gasteiger partial charge < -0.3 is 15.4 Å². The Morgan fingerprint density at radius 1 is 1.03 bits per heavy atom. The van der Waals surface area contributed by atoms with Gasteiger partial charge in [0.1, 0.15) is 16.8 Å². The molecule has 8 heteroatoms. The van der Waals surface area contributed by atoms with Gasteiger partial charge in [-0.05, 0) is 48.9 Å². The number of amides is 2. The van der Waals surface area contributed by atoms with E-state index in [-0.39, 0.29) is 17.6 Å². The minimum absolute atomic E-state index is 0.163. The molecule has 0 radical (unpaired) electrons. The minimum atomic E-state index is -0.250. The van der Waals surface area contributed by atoms with Crippen molar-refractivity contribution in [2.24, 2.45) is 0 Å². The Morgan fingerprint density at radius 2 is 1.81 bits per heavy atom. The van der Waals surface area contributed by atoms with Gasteiger partial charge in [0, 0.05) is 27.1 Å². The molecule has 180 valence electrons. The number of nitrogens with zero attached hydrogens (tertiary/aromatic N) is 1. The number of nitrogens with one attached hydrogen (secondary N) is 2. The van der Waals surface area contributed by atoms with Gasteiger partial charge in [0.15, 0.2) is 0 Å². The molecular formula is C28H23N3O3S2. The third-order valence-electron chi connectivity index (χ3n) is 5.31. The van der Waals surface area contributed by atoms with Crippen molar-refractivity contribution in [1.82, 2.24) is 0 Å². The third-order valence-corrected chi connectivity index (χ3v) is 7.20. The molecule has 0 saturated heterocycles. The fraction of sp³-hybridized carbons (Fsp3) is 0.107. The number of nitriles is 1. The Balaban J connectivity index is 1.37. The van der Waals surface area contributed by atoms with Crippen LogP contribution < -0.4 is 15.4 Å². The maximum atomic E-state index is 12.6. The molecular weight excluding hydrogens is 490 g/mol. The second kappa shape index (κ2) is 11.6. The molecule has 3 aromatic carbocycles. The van der Waals surface area contributed by atoms with Crippen molar-refractivity contribution in [3.63, 3.8) is 0 Å². The zero-order chi connectivity index (χ0) is 25.5. The van der Waals surface area contributed by atoms with Crippen molar-refractivity contribution < 1.29 is 14.3 Å². The van der Waals surface area contributed by atoms with Crippen LogP contribution in [0.25, 0.3) is 11.1 Å². The molecule has 6 nitrogen and oxygen atoms in total. The molecule has 36 heavy (non-hydrogen) atoms. The lowest BCUT2D eigenvalue weighted by Gasteiger charge is -2.09. The number of ether oxygens (including phenoxy) is 1. The average molecular weight is 514 g/mol. The standard InChI is InChI=1S/C28H23N3O3S2/c1-18-9-11-19(12-10-18)25-16-36-28(24(25)15-29)31-26(32)17-35-23-8-4-6-21(14-23)30-27(33)20-5-3-7-22(13-20)34-2/h3-14,16H,17H2,1-2H3,(H,30,33)(H,31,32). The Bertz CT molecular complexity index is 1440. The van der Waals surface area contributed by atoms with Gasteiger partial charge >= 0.3 is 0 Å². The summed E-state index contributed by atoms with van der Waals surface area (Å²) in [6, 6.07) is 24.4. The van der Waals surface area contributed by atoms with E-state index in [1.165, 1.54) is 23.1 Å². The number of aryl methyl sites for hydroxylation is 1. The first-order valence-electron chi connectivity index (χ1n) is 11.0. The first kappa shape index (κ1) is 25.0. The van der Waals surface area contributed by atoms with E-state index >= 15 is 0 Å². The highest BCUT2D eigenvalue weighted by Gasteiger charge is 2.16. The Labute approximate surface area is 217 Å². The second-order valence-electron chi connectivity index (χ2n) is 7.88. The number of carbonyl (C=O) groups excluding carboxylic acids is 2. The van der Waals surface area contributed by atoms with Crippen molar-refractivity contribution >= 4 is 45.6 Å². The Kier molecular flexibility index (Phi) is 8.06. The van der Waals surface area contributed by atoms with E-state index in [1.54, 1.807) is 37.4 Å². The average Bonchev–Trinajstić information content (AvgIpc) is 3.30. The minimum Gasteiger partial charge on any atom is -0.497 e. The van der Waals surface area contributed by atoms with Crippen LogP contribution in [0, 0.1) is 18.3 Å². The molecule has 2 N–H and O–H groups in total. The van der Waals surface area contributed by atoms with Crippen LogP contribution in [0.15, 0.2) is 83.1 Å². The lowest BCUT2D eigenvalue weighted by molar-refractivity contribution is -0.113. The summed E-state index contributed by atoms with van der Waals surface area (Å²) in [6.07, 6.45) is 0. The van der Waals surface area contributed by atoms with Gasteiger partial charge in [-0.1, -0.05) is 42.0 Å². The van der Waals surface area contributed by atoms with Crippen molar-refractivity contribution in [3.05, 3.63) is 94.9 Å².